The van der Waals surface area contributed by atoms with E-state index in [2.05, 4.69) is 45.5 Å². The van der Waals surface area contributed by atoms with Gasteiger partial charge in [-0.25, -0.2) is 4.79 Å². The maximum absolute atomic E-state index is 14.1. The van der Waals surface area contributed by atoms with Gasteiger partial charge in [0.25, 0.3) is 5.91 Å². The summed E-state index contributed by atoms with van der Waals surface area (Å²) < 4.78 is 8.67. The summed E-state index contributed by atoms with van der Waals surface area (Å²) >= 11 is 0. The number of benzene rings is 3. The molecule has 236 valence electrons. The van der Waals surface area contributed by atoms with Crippen LogP contribution < -0.4 is 15.4 Å². The number of aromatic nitrogens is 1. The summed E-state index contributed by atoms with van der Waals surface area (Å²) in [6.07, 6.45) is 11.4. The minimum absolute atomic E-state index is 0.253. The molecule has 1 aromatic heterocycles. The van der Waals surface area contributed by atoms with Gasteiger partial charge in [-0.3, -0.25) is 9.59 Å². The van der Waals surface area contributed by atoms with Gasteiger partial charge in [-0.05, 0) is 72.6 Å². The fourth-order valence-corrected chi connectivity index (χ4v) is 7.71. The molecular formula is C38H39N3O5. The molecule has 3 aromatic carbocycles. The molecule has 8 heteroatoms. The standard InChI is InChI=1S/C38H39N3O5/c42-31(43)20-15-25-13-16-28(17-14-25)39-37(45)38(21-7-8-22-38)40-36(44)30-19-18-29-32(26-9-3-1-4-10-26)33(27-11-5-2-6-12-27)41-23-24-46-35(30)34(29)41/h2,5-6,11-20,26H,1,3-4,7-10,21-24H2,(H,39,45)(H,40,44)(H,42,43)/b20-15-. The second-order valence-corrected chi connectivity index (χ2v) is 12.8. The molecule has 2 saturated carbocycles. The van der Waals surface area contributed by atoms with Crippen molar-refractivity contribution in [3.63, 3.8) is 0 Å². The largest absolute Gasteiger partial charge is 0.489 e. The van der Waals surface area contributed by atoms with E-state index in [-0.39, 0.29) is 11.8 Å². The van der Waals surface area contributed by atoms with Gasteiger partial charge in [-0.15, -0.1) is 0 Å². The number of aliphatic carboxylic acids is 1. The van der Waals surface area contributed by atoms with E-state index in [1.807, 2.05) is 12.1 Å². The van der Waals surface area contributed by atoms with Gasteiger partial charge in [-0.1, -0.05) is 80.6 Å². The average Bonchev–Trinajstić information content (AvgIpc) is 3.70. The number of hydrogen-bond acceptors (Lipinski definition) is 4. The molecule has 2 aliphatic carbocycles. The molecule has 7 rings (SSSR count). The maximum Gasteiger partial charge on any atom is 0.328 e. The lowest BCUT2D eigenvalue weighted by molar-refractivity contribution is -0.131. The number of carbonyl (C=O) groups is 3. The Kier molecular flexibility index (Phi) is 8.11. The van der Waals surface area contributed by atoms with Crippen molar-refractivity contribution in [1.29, 1.82) is 0 Å². The van der Waals surface area contributed by atoms with Crippen LogP contribution in [0.5, 0.6) is 5.75 Å². The van der Waals surface area contributed by atoms with Gasteiger partial charge in [0.2, 0.25) is 5.91 Å². The number of anilines is 1. The van der Waals surface area contributed by atoms with Crippen molar-refractivity contribution in [2.75, 3.05) is 11.9 Å². The molecular weight excluding hydrogens is 578 g/mol. The predicted octanol–water partition coefficient (Wildman–Crippen LogP) is 7.53. The van der Waals surface area contributed by atoms with E-state index in [0.717, 1.165) is 42.7 Å². The third-order valence-electron chi connectivity index (χ3n) is 9.91. The van der Waals surface area contributed by atoms with E-state index in [4.69, 9.17) is 9.84 Å². The number of carboxylic acid groups (broad SMARTS) is 1. The molecule has 0 atom stereocenters. The van der Waals surface area contributed by atoms with Gasteiger partial charge in [-0.2, -0.15) is 0 Å². The molecule has 3 N–H and O–H groups in total. The lowest BCUT2D eigenvalue weighted by atomic mass is 9.81. The topological polar surface area (TPSA) is 110 Å². The molecule has 2 amide bonds. The van der Waals surface area contributed by atoms with Crippen LogP contribution in [0.1, 0.15) is 85.2 Å². The molecule has 0 radical (unpaired) electrons. The van der Waals surface area contributed by atoms with E-state index >= 15 is 0 Å². The Bertz CT molecular complexity index is 1810. The SMILES string of the molecule is O=C(O)/C=C\c1ccc(NC(=O)C2(NC(=O)c3ccc4c(C5CCCCC5)c(-c5ccccc5)n5c4c3OCC5)CCCC2)cc1. The van der Waals surface area contributed by atoms with Crippen LogP contribution in [0.15, 0.2) is 72.8 Å². The minimum Gasteiger partial charge on any atom is -0.489 e. The Labute approximate surface area is 268 Å². The first-order valence-corrected chi connectivity index (χ1v) is 16.5. The van der Waals surface area contributed by atoms with E-state index in [1.165, 1.54) is 42.2 Å². The van der Waals surface area contributed by atoms with Gasteiger partial charge >= 0.3 is 5.97 Å². The number of nitrogens with one attached hydrogen (secondary N) is 2. The summed E-state index contributed by atoms with van der Waals surface area (Å²) in [5, 5.41) is 16.2. The molecule has 4 aromatic rings. The van der Waals surface area contributed by atoms with Crippen molar-refractivity contribution < 1.29 is 24.2 Å². The Morgan fingerprint density at radius 3 is 2.35 bits per heavy atom. The number of carboxylic acids is 1. The van der Waals surface area contributed by atoms with Crippen LogP contribution in [-0.2, 0) is 16.1 Å². The Hall–Kier alpha value is -4.85. The highest BCUT2D eigenvalue weighted by Crippen LogP contribution is 2.48. The monoisotopic (exact) mass is 617 g/mol. The van der Waals surface area contributed by atoms with E-state index in [0.29, 0.717) is 54.5 Å². The molecule has 8 nitrogen and oxygen atoms in total. The second kappa shape index (κ2) is 12.5. The Morgan fingerprint density at radius 2 is 1.63 bits per heavy atom. The molecule has 1 aliphatic heterocycles. The molecule has 46 heavy (non-hydrogen) atoms. The zero-order valence-corrected chi connectivity index (χ0v) is 25.9. The first kappa shape index (κ1) is 29.8. The molecule has 0 spiro atoms. The molecule has 2 fully saturated rings. The highest BCUT2D eigenvalue weighted by molar-refractivity contribution is 6.09. The van der Waals surface area contributed by atoms with E-state index in [1.54, 1.807) is 24.3 Å². The summed E-state index contributed by atoms with van der Waals surface area (Å²) in [6, 6.07) is 21.5. The van der Waals surface area contributed by atoms with Gasteiger partial charge in [0, 0.05) is 17.1 Å². The number of rotatable bonds is 8. The predicted molar refractivity (Wildman–Crippen MR) is 179 cm³/mol. The third kappa shape index (κ3) is 5.57. The van der Waals surface area contributed by atoms with Crippen LogP contribution >= 0.6 is 0 Å². The zero-order chi connectivity index (χ0) is 31.7. The summed E-state index contributed by atoms with van der Waals surface area (Å²) in [4.78, 5) is 38.7. The Balaban J connectivity index is 1.21. The van der Waals surface area contributed by atoms with E-state index < -0.39 is 11.5 Å². The fourth-order valence-electron chi connectivity index (χ4n) is 7.71. The van der Waals surface area contributed by atoms with Crippen molar-refractivity contribution in [2.45, 2.75) is 75.8 Å². The van der Waals surface area contributed by atoms with Crippen molar-refractivity contribution in [2.24, 2.45) is 0 Å². The van der Waals surface area contributed by atoms with Crippen LogP contribution in [0.2, 0.25) is 0 Å². The summed E-state index contributed by atoms with van der Waals surface area (Å²) in [5.74, 6) is -0.523. The van der Waals surface area contributed by atoms with Gasteiger partial charge in [0.05, 0.1) is 23.3 Å². The molecule has 0 bridgehead atoms. The van der Waals surface area contributed by atoms with Gasteiger partial charge in [0.1, 0.15) is 12.1 Å². The smallest absolute Gasteiger partial charge is 0.328 e. The third-order valence-corrected chi connectivity index (χ3v) is 9.91. The lowest BCUT2D eigenvalue weighted by Crippen LogP contribution is -2.55. The van der Waals surface area contributed by atoms with Crippen LogP contribution in [0.25, 0.3) is 28.2 Å². The molecule has 2 heterocycles. The van der Waals surface area contributed by atoms with Crippen molar-refractivity contribution in [3.05, 3.63) is 89.5 Å². The first-order chi connectivity index (χ1) is 22.4. The van der Waals surface area contributed by atoms with Crippen LogP contribution in [0.4, 0.5) is 5.69 Å². The quantitative estimate of drug-likeness (QED) is 0.177. The van der Waals surface area contributed by atoms with Gasteiger partial charge in [0.15, 0.2) is 5.75 Å². The number of amides is 2. The number of hydrogen-bond donors (Lipinski definition) is 3. The number of nitrogens with zero attached hydrogens (tertiary/aromatic N) is 1. The fraction of sp³-hybridized carbons (Fsp3) is 0.342. The van der Waals surface area contributed by atoms with E-state index in [9.17, 15) is 14.4 Å². The van der Waals surface area contributed by atoms with Crippen LogP contribution in [0.3, 0.4) is 0 Å². The zero-order valence-electron chi connectivity index (χ0n) is 25.9. The first-order valence-electron chi connectivity index (χ1n) is 16.5. The van der Waals surface area contributed by atoms with Crippen LogP contribution in [-0.4, -0.2) is 39.6 Å². The maximum atomic E-state index is 14.1. The highest BCUT2D eigenvalue weighted by Gasteiger charge is 2.43. The molecule has 3 aliphatic rings. The normalized spacial score (nSPS) is 17.6. The average molecular weight is 618 g/mol. The second-order valence-electron chi connectivity index (χ2n) is 12.8. The number of carbonyl (C=O) groups excluding carboxylic acids is 2. The van der Waals surface area contributed by atoms with Crippen molar-refractivity contribution >= 4 is 40.4 Å². The number of ether oxygens (including phenoxy) is 1. The van der Waals surface area contributed by atoms with Crippen molar-refractivity contribution in [1.82, 2.24) is 9.88 Å². The van der Waals surface area contributed by atoms with Crippen molar-refractivity contribution in [3.8, 4) is 17.0 Å². The summed E-state index contributed by atoms with van der Waals surface area (Å²) in [7, 11) is 0. The lowest BCUT2D eigenvalue weighted by Gasteiger charge is -2.30. The summed E-state index contributed by atoms with van der Waals surface area (Å²) in [5.41, 5.74) is 5.47. The summed E-state index contributed by atoms with van der Waals surface area (Å²) in [6.45, 7) is 1.18. The minimum atomic E-state index is -1.04. The molecule has 0 saturated heterocycles. The highest BCUT2D eigenvalue weighted by atomic mass is 16.5. The Morgan fingerprint density at radius 1 is 0.891 bits per heavy atom. The van der Waals surface area contributed by atoms with Crippen LogP contribution in [0, 0.1) is 0 Å². The van der Waals surface area contributed by atoms with Gasteiger partial charge < -0.3 is 25.0 Å². The molecule has 0 unspecified atom stereocenters.